The molecule has 4 rings (SSSR count). The molecule has 3 aliphatic carbocycles. The highest BCUT2D eigenvalue weighted by Crippen LogP contribution is 2.52. The molecule has 0 aliphatic heterocycles. The lowest BCUT2D eigenvalue weighted by Crippen LogP contribution is -2.63. The number of aromatic hydroxyl groups is 1. The predicted molar refractivity (Wildman–Crippen MR) is 118 cm³/mol. The summed E-state index contributed by atoms with van der Waals surface area (Å²) in [5.41, 5.74) is 1.96. The molecular weight excluding hydrogens is 444 g/mol. The molecule has 1 amide bonds. The summed E-state index contributed by atoms with van der Waals surface area (Å²) in [6, 6.07) is 1.60. The molecule has 34 heavy (non-hydrogen) atoms. The number of carbonyl (C=O) groups excluding carboxylic acids is 4. The first-order valence-corrected chi connectivity index (χ1v) is 10.9. The van der Waals surface area contributed by atoms with E-state index in [1.807, 2.05) is 0 Å². The number of aliphatic hydroxyl groups is 3. The molecule has 0 saturated carbocycles. The molecule has 3 aliphatic rings. The van der Waals surface area contributed by atoms with Gasteiger partial charge in [-0.1, -0.05) is 6.92 Å². The Morgan fingerprint density at radius 3 is 2.38 bits per heavy atom. The van der Waals surface area contributed by atoms with E-state index in [1.54, 1.807) is 21.0 Å². The fourth-order valence-electron chi connectivity index (χ4n) is 5.70. The lowest BCUT2D eigenvalue weighted by Gasteiger charge is -2.50. The number of aliphatic hydroxyl groups excluding tert-OH is 2. The van der Waals surface area contributed by atoms with Crippen LogP contribution in [-0.4, -0.2) is 74.3 Å². The summed E-state index contributed by atoms with van der Waals surface area (Å²) in [5, 5.41) is 43.9. The average molecular weight is 470 g/mol. The number of benzene rings is 1. The van der Waals surface area contributed by atoms with Crippen molar-refractivity contribution < 1.29 is 39.6 Å². The van der Waals surface area contributed by atoms with Gasteiger partial charge >= 0.3 is 0 Å². The Morgan fingerprint density at radius 2 is 1.82 bits per heavy atom. The minimum absolute atomic E-state index is 0.0266. The summed E-state index contributed by atoms with van der Waals surface area (Å²) in [6.07, 6.45) is 0.239. The Hall–Kier alpha value is -3.50. The molecule has 0 heterocycles. The van der Waals surface area contributed by atoms with Gasteiger partial charge in [0, 0.05) is 23.5 Å². The summed E-state index contributed by atoms with van der Waals surface area (Å²) in [7, 11) is 3.12. The van der Waals surface area contributed by atoms with Crippen molar-refractivity contribution in [3.05, 3.63) is 51.5 Å². The third-order valence-electron chi connectivity index (χ3n) is 7.23. The maximum atomic E-state index is 13.5. The van der Waals surface area contributed by atoms with Gasteiger partial charge in [0.2, 0.25) is 5.78 Å². The highest BCUT2D eigenvalue weighted by Gasteiger charge is 2.63. The Bertz CT molecular complexity index is 1230. The van der Waals surface area contributed by atoms with Gasteiger partial charge in [-0.2, -0.15) is 0 Å². The number of ketones is 3. The fourth-order valence-corrected chi connectivity index (χ4v) is 5.70. The maximum absolute atomic E-state index is 13.5. The van der Waals surface area contributed by atoms with Gasteiger partial charge in [-0.15, -0.1) is 0 Å². The van der Waals surface area contributed by atoms with E-state index in [0.29, 0.717) is 5.56 Å². The second-order valence-electron chi connectivity index (χ2n) is 9.23. The fraction of sp³-hybridized carbons (Fsp3) is 0.417. The smallest absolute Gasteiger partial charge is 0.255 e. The van der Waals surface area contributed by atoms with Crippen LogP contribution in [0.2, 0.25) is 0 Å². The van der Waals surface area contributed by atoms with Crippen LogP contribution in [0, 0.1) is 11.8 Å². The molecule has 1 aromatic carbocycles. The summed E-state index contributed by atoms with van der Waals surface area (Å²) in [4.78, 5) is 52.7. The van der Waals surface area contributed by atoms with E-state index in [9.17, 15) is 39.6 Å². The zero-order valence-electron chi connectivity index (χ0n) is 19.0. The SMILES string of the molecule is CCC(=O)c1ccc(O)c2c1CC1CC3[C@H](N(C)C)C(O)=C(C(N)=O)C(=O)[C@@]3(O)C(O)=C1C2=O. The monoisotopic (exact) mass is 470 g/mol. The van der Waals surface area contributed by atoms with Crippen molar-refractivity contribution in [3.63, 3.8) is 0 Å². The summed E-state index contributed by atoms with van der Waals surface area (Å²) in [6.45, 7) is 1.67. The van der Waals surface area contributed by atoms with Crippen LogP contribution in [0.1, 0.15) is 46.0 Å². The number of fused-ring (bicyclic) bond motifs is 3. The second kappa shape index (κ2) is 7.78. The van der Waals surface area contributed by atoms with Crippen LogP contribution in [-0.2, 0) is 16.0 Å². The van der Waals surface area contributed by atoms with Gasteiger partial charge in [-0.05, 0) is 50.6 Å². The summed E-state index contributed by atoms with van der Waals surface area (Å²) >= 11 is 0. The Balaban J connectivity index is 1.97. The number of nitrogens with two attached hydrogens (primary N) is 1. The number of nitrogens with zero attached hydrogens (tertiary/aromatic N) is 1. The molecular formula is C24H26N2O8. The number of phenolic OH excluding ortho intramolecular Hbond substituents is 1. The highest BCUT2D eigenvalue weighted by molar-refractivity contribution is 6.25. The number of hydrogen-bond acceptors (Lipinski definition) is 9. The van der Waals surface area contributed by atoms with Crippen LogP contribution < -0.4 is 5.73 Å². The standard InChI is InChI=1S/C24H26N2O8/c1-4-13(27)10-5-6-14(28)16-11(10)7-9-8-12-18(26(2)3)20(30)17(23(25)33)22(32)24(12,34)21(31)15(9)19(16)29/h5-6,9,12,18,28,30-31,34H,4,7-8H2,1-3H3,(H2,25,33)/t9?,12?,18-,24-/m0/s1. The second-order valence-corrected chi connectivity index (χ2v) is 9.23. The quantitative estimate of drug-likeness (QED) is 0.313. The lowest BCUT2D eigenvalue weighted by molar-refractivity contribution is -0.148. The number of primary amides is 1. The molecule has 10 heteroatoms. The van der Waals surface area contributed by atoms with Crippen molar-refractivity contribution in [2.24, 2.45) is 17.6 Å². The van der Waals surface area contributed by atoms with Crippen molar-refractivity contribution in [1.82, 2.24) is 4.90 Å². The Kier molecular flexibility index (Phi) is 5.41. The molecule has 0 spiro atoms. The first-order valence-electron chi connectivity index (χ1n) is 10.9. The van der Waals surface area contributed by atoms with Gasteiger partial charge in [0.25, 0.3) is 5.91 Å². The van der Waals surface area contributed by atoms with Crippen LogP contribution in [0.25, 0.3) is 0 Å². The van der Waals surface area contributed by atoms with E-state index in [-0.39, 0.29) is 41.7 Å². The van der Waals surface area contributed by atoms with Crippen molar-refractivity contribution in [2.75, 3.05) is 14.1 Å². The van der Waals surface area contributed by atoms with Crippen LogP contribution in [0.15, 0.2) is 34.8 Å². The molecule has 0 aromatic heterocycles. The van der Waals surface area contributed by atoms with Gasteiger partial charge in [0.1, 0.15) is 22.8 Å². The van der Waals surface area contributed by atoms with Crippen molar-refractivity contribution in [1.29, 1.82) is 0 Å². The molecule has 0 bridgehead atoms. The highest BCUT2D eigenvalue weighted by atomic mass is 16.3. The molecule has 180 valence electrons. The molecule has 0 radical (unpaired) electrons. The number of Topliss-reactive ketones (excluding diaryl/α,β-unsaturated/α-hetero) is 3. The van der Waals surface area contributed by atoms with Crippen molar-refractivity contribution >= 4 is 23.3 Å². The van der Waals surface area contributed by atoms with Gasteiger partial charge in [-0.25, -0.2) is 0 Å². The number of allylic oxidation sites excluding steroid dienone is 1. The molecule has 2 unspecified atom stereocenters. The van der Waals surface area contributed by atoms with Crippen molar-refractivity contribution in [3.8, 4) is 5.75 Å². The van der Waals surface area contributed by atoms with E-state index in [1.165, 1.54) is 17.0 Å². The van der Waals surface area contributed by atoms with Crippen LogP contribution in [0.4, 0.5) is 0 Å². The van der Waals surface area contributed by atoms with E-state index in [2.05, 4.69) is 0 Å². The number of carbonyl (C=O) groups is 4. The maximum Gasteiger partial charge on any atom is 0.255 e. The molecule has 6 N–H and O–H groups in total. The third-order valence-corrected chi connectivity index (χ3v) is 7.23. The van der Waals surface area contributed by atoms with Gasteiger partial charge in [-0.3, -0.25) is 24.1 Å². The van der Waals surface area contributed by atoms with Gasteiger partial charge < -0.3 is 26.2 Å². The first-order chi connectivity index (χ1) is 15.9. The minimum Gasteiger partial charge on any atom is -0.510 e. The van der Waals surface area contributed by atoms with Crippen LogP contribution >= 0.6 is 0 Å². The zero-order valence-corrected chi connectivity index (χ0v) is 19.0. The first kappa shape index (κ1) is 23.7. The number of amides is 1. The molecule has 4 atom stereocenters. The van der Waals surface area contributed by atoms with E-state index >= 15 is 0 Å². The topological polar surface area (TPSA) is 178 Å². The molecule has 10 nitrogen and oxygen atoms in total. The Labute approximate surface area is 195 Å². The van der Waals surface area contributed by atoms with Crippen LogP contribution in [0.5, 0.6) is 5.75 Å². The average Bonchev–Trinajstić information content (AvgIpc) is 2.75. The van der Waals surface area contributed by atoms with Crippen molar-refractivity contribution in [2.45, 2.75) is 37.8 Å². The largest absolute Gasteiger partial charge is 0.510 e. The number of likely N-dealkylation sites (N-methyl/N-ethyl adjacent to an activating group) is 1. The summed E-state index contributed by atoms with van der Waals surface area (Å²) < 4.78 is 0. The summed E-state index contributed by atoms with van der Waals surface area (Å²) in [5.74, 6) is -7.38. The van der Waals surface area contributed by atoms with Gasteiger partial charge in [0.15, 0.2) is 17.2 Å². The molecule has 1 aromatic rings. The normalized spacial score (nSPS) is 28.6. The number of phenols is 1. The Morgan fingerprint density at radius 1 is 1.18 bits per heavy atom. The predicted octanol–water partition coefficient (Wildman–Crippen LogP) is 0.713. The lowest BCUT2D eigenvalue weighted by atomic mass is 9.58. The zero-order chi connectivity index (χ0) is 25.3. The molecule has 0 saturated heterocycles. The third kappa shape index (κ3) is 2.95. The van der Waals surface area contributed by atoms with Crippen LogP contribution in [0.3, 0.4) is 0 Å². The minimum atomic E-state index is -2.68. The number of rotatable bonds is 4. The number of hydrogen-bond donors (Lipinski definition) is 5. The van der Waals surface area contributed by atoms with Gasteiger partial charge in [0.05, 0.1) is 11.6 Å². The van der Waals surface area contributed by atoms with E-state index in [0.717, 1.165) is 0 Å². The van der Waals surface area contributed by atoms with E-state index < -0.39 is 63.8 Å². The molecule has 0 fully saturated rings. The van der Waals surface area contributed by atoms with E-state index in [4.69, 9.17) is 5.73 Å².